The molecule has 0 amide bonds. The highest BCUT2D eigenvalue weighted by molar-refractivity contribution is 6.28. The molecule has 2 rings (SSSR count). The van der Waals surface area contributed by atoms with Crippen molar-refractivity contribution in [2.24, 2.45) is 4.99 Å². The van der Waals surface area contributed by atoms with E-state index in [9.17, 15) is 10.0 Å². The van der Waals surface area contributed by atoms with Crippen LogP contribution >= 0.6 is 0 Å². The highest BCUT2D eigenvalue weighted by atomic mass is 16.8. The first-order chi connectivity index (χ1) is 6.29. The third-order valence-corrected chi connectivity index (χ3v) is 1.11. The van der Waals surface area contributed by atoms with Crippen molar-refractivity contribution in [1.29, 1.82) is 0 Å². The molecule has 2 heterocycles. The summed E-state index contributed by atoms with van der Waals surface area (Å²) >= 11 is 0. The summed E-state index contributed by atoms with van der Waals surface area (Å²) in [6.07, 6.45) is 7.65. The molecular weight excluding hydrogens is 174 g/mol. The van der Waals surface area contributed by atoms with E-state index in [0.29, 0.717) is 6.42 Å². The molecule has 1 aromatic heterocycles. The molecule has 0 atom stereocenters. The summed E-state index contributed by atoms with van der Waals surface area (Å²) < 4.78 is 3.94. The second kappa shape index (κ2) is 4.81. The fraction of sp³-hybridized carbons (Fsp3) is 0.143. The van der Waals surface area contributed by atoms with Gasteiger partial charge in [-0.1, -0.05) is 6.08 Å². The molecule has 1 aromatic rings. The minimum Gasteiger partial charge on any atom is -0.360 e. The molecule has 0 aliphatic carbocycles. The van der Waals surface area contributed by atoms with Gasteiger partial charge in [-0.25, -0.2) is 0 Å². The van der Waals surface area contributed by atoms with Gasteiger partial charge in [-0.3, -0.25) is 14.4 Å². The van der Waals surface area contributed by atoms with E-state index >= 15 is 0 Å². The molecule has 0 spiro atoms. The largest absolute Gasteiger partial charge is 0.360 e. The Balaban J connectivity index is 0.000000132. The number of carbonyl (C=O) groups is 1. The average molecular weight is 181 g/mol. The van der Waals surface area contributed by atoms with Gasteiger partial charge in [0.1, 0.15) is 0 Å². The van der Waals surface area contributed by atoms with Crippen molar-refractivity contribution in [3.63, 3.8) is 0 Å². The average Bonchev–Trinajstić information content (AvgIpc) is 2.58. The third kappa shape index (κ3) is 3.80. The first-order valence-electron chi connectivity index (χ1n) is 3.50. The second-order valence-corrected chi connectivity index (χ2v) is 2.10. The van der Waals surface area contributed by atoms with Gasteiger partial charge < -0.3 is 5.21 Å². The topological polar surface area (TPSA) is 82.4 Å². The van der Waals surface area contributed by atoms with Crippen LogP contribution in [0, 0.1) is 5.21 Å². The van der Waals surface area contributed by atoms with Gasteiger partial charge in [-0.2, -0.15) is 0 Å². The third-order valence-electron chi connectivity index (χ3n) is 1.11. The van der Waals surface area contributed by atoms with Gasteiger partial charge in [0, 0.05) is 17.8 Å². The Labute approximate surface area is 73.7 Å². The number of allylic oxidation sites excluding steroid dienone is 1. The van der Waals surface area contributed by atoms with Gasteiger partial charge in [0.05, 0.1) is 6.21 Å². The van der Waals surface area contributed by atoms with E-state index in [4.69, 9.17) is 0 Å². The molecule has 1 aliphatic rings. The standard InChI is InChI=1S/C5H5NO.C2H2N2O2/c7-5-2-1-3-6-4-5;5-4-2-1-3-6-4/h1,3-4H,2H2;1-2H. The maximum atomic E-state index is 10.3. The minimum atomic E-state index is 0.0856. The zero-order valence-electron chi connectivity index (χ0n) is 6.66. The Bertz CT molecular complexity index is 316. The number of nitrogens with zero attached hydrogens (tertiary/aromatic N) is 3. The zero-order valence-corrected chi connectivity index (χ0v) is 6.66. The minimum absolute atomic E-state index is 0.0856. The molecule has 0 N–H and O–H groups in total. The van der Waals surface area contributed by atoms with E-state index in [0.717, 1.165) is 0 Å². The van der Waals surface area contributed by atoms with Gasteiger partial charge in [0.2, 0.25) is 6.20 Å². The summed E-state index contributed by atoms with van der Waals surface area (Å²) in [7, 11) is 0. The maximum absolute atomic E-state index is 10.3. The lowest BCUT2D eigenvalue weighted by Crippen LogP contribution is -2.20. The molecule has 6 nitrogen and oxygen atoms in total. The summed E-state index contributed by atoms with van der Waals surface area (Å²) in [6.45, 7) is 0. The summed E-state index contributed by atoms with van der Waals surface area (Å²) in [5.41, 5.74) is 0. The molecule has 0 aromatic carbocycles. The van der Waals surface area contributed by atoms with Crippen molar-refractivity contribution in [2.75, 3.05) is 0 Å². The molecule has 13 heavy (non-hydrogen) atoms. The highest BCUT2D eigenvalue weighted by Crippen LogP contribution is 1.89. The van der Waals surface area contributed by atoms with Crippen LogP contribution in [0.2, 0.25) is 0 Å². The molecule has 0 unspecified atom stereocenters. The Kier molecular flexibility index (Phi) is 3.37. The molecule has 0 fully saturated rings. The van der Waals surface area contributed by atoms with E-state index in [1.807, 2.05) is 0 Å². The zero-order chi connectivity index (χ0) is 9.52. The van der Waals surface area contributed by atoms with Crippen molar-refractivity contribution < 1.29 is 14.3 Å². The monoisotopic (exact) mass is 181 g/mol. The Morgan fingerprint density at radius 3 is 2.69 bits per heavy atom. The highest BCUT2D eigenvalue weighted by Gasteiger charge is 1.93. The molecule has 0 radical (unpaired) electrons. The van der Waals surface area contributed by atoms with Crippen LogP contribution in [0.15, 0.2) is 34.3 Å². The van der Waals surface area contributed by atoms with Gasteiger partial charge in [0.25, 0.3) is 0 Å². The van der Waals surface area contributed by atoms with Crippen LogP contribution in [0.4, 0.5) is 0 Å². The summed E-state index contributed by atoms with van der Waals surface area (Å²) in [5.74, 6) is 0.0856. The molecule has 0 saturated carbocycles. The van der Waals surface area contributed by atoms with Crippen LogP contribution in [0.25, 0.3) is 0 Å². The van der Waals surface area contributed by atoms with E-state index in [1.165, 1.54) is 18.6 Å². The van der Waals surface area contributed by atoms with Gasteiger partial charge in [0.15, 0.2) is 12.0 Å². The predicted molar refractivity (Wildman–Crippen MR) is 42.7 cm³/mol. The summed E-state index contributed by atoms with van der Waals surface area (Å²) in [4.78, 5) is 14.1. The first-order valence-corrected chi connectivity index (χ1v) is 3.50. The van der Waals surface area contributed by atoms with Gasteiger partial charge >= 0.3 is 0 Å². The van der Waals surface area contributed by atoms with Crippen molar-refractivity contribution in [3.05, 3.63) is 29.9 Å². The predicted octanol–water partition coefficient (Wildman–Crippen LogP) is -0.148. The fourth-order valence-corrected chi connectivity index (χ4v) is 0.591. The van der Waals surface area contributed by atoms with Crippen LogP contribution in [0.5, 0.6) is 0 Å². The lowest BCUT2D eigenvalue weighted by atomic mass is 10.3. The summed E-state index contributed by atoms with van der Waals surface area (Å²) in [6, 6.07) is 0. The quantitative estimate of drug-likeness (QED) is 0.521. The molecule has 6 heteroatoms. The van der Waals surface area contributed by atoms with E-state index in [1.54, 1.807) is 12.3 Å². The van der Waals surface area contributed by atoms with Crippen LogP contribution in [-0.2, 0) is 4.79 Å². The van der Waals surface area contributed by atoms with Crippen molar-refractivity contribution in [3.8, 4) is 0 Å². The van der Waals surface area contributed by atoms with Crippen molar-refractivity contribution in [1.82, 2.24) is 5.16 Å². The normalized spacial score (nSPS) is 13.7. The van der Waals surface area contributed by atoms with Crippen LogP contribution in [-0.4, -0.2) is 17.2 Å². The number of ketones is 1. The number of aliphatic imine (C=N–C) groups is 1. The second-order valence-electron chi connectivity index (χ2n) is 2.10. The van der Waals surface area contributed by atoms with Crippen molar-refractivity contribution >= 4 is 12.0 Å². The first kappa shape index (κ1) is 9.11. The van der Waals surface area contributed by atoms with Crippen LogP contribution in [0.3, 0.4) is 0 Å². The number of hydrogen-bond acceptors (Lipinski definition) is 5. The van der Waals surface area contributed by atoms with Gasteiger partial charge in [-0.05, 0) is 4.90 Å². The molecule has 0 bridgehead atoms. The Morgan fingerprint density at radius 2 is 2.46 bits per heavy atom. The number of hydrogen-bond donors (Lipinski definition) is 0. The van der Waals surface area contributed by atoms with E-state index in [-0.39, 0.29) is 10.7 Å². The van der Waals surface area contributed by atoms with Crippen LogP contribution < -0.4 is 4.90 Å². The number of aromatic nitrogens is 2. The maximum Gasteiger partial charge on any atom is 0.205 e. The Hall–Kier alpha value is -1.98. The number of rotatable bonds is 0. The summed E-state index contributed by atoms with van der Waals surface area (Å²) in [5, 5.41) is 12.9. The number of carbonyl (C=O) groups excluding carboxylic acids is 1. The lowest BCUT2D eigenvalue weighted by molar-refractivity contribution is -0.802. The molecule has 68 valence electrons. The fourth-order valence-electron chi connectivity index (χ4n) is 0.591. The van der Waals surface area contributed by atoms with E-state index in [2.05, 4.69) is 14.8 Å². The van der Waals surface area contributed by atoms with Gasteiger partial charge in [-0.15, -0.1) is 0 Å². The Morgan fingerprint density at radius 1 is 1.62 bits per heavy atom. The van der Waals surface area contributed by atoms with E-state index < -0.39 is 0 Å². The molecular formula is C7H7N3O3. The molecule has 1 aliphatic heterocycles. The SMILES string of the molecule is O=C1C=NC=CC1.[O-][n+]1ccno1. The smallest absolute Gasteiger partial charge is 0.205 e. The van der Waals surface area contributed by atoms with Crippen LogP contribution in [0.1, 0.15) is 6.42 Å². The molecule has 0 saturated heterocycles. The van der Waals surface area contributed by atoms with Crippen molar-refractivity contribution in [2.45, 2.75) is 6.42 Å². The lowest BCUT2D eigenvalue weighted by Gasteiger charge is -1.88. The number of Topliss-reactive ketones (excluding diaryl/α,β-unsaturated/α-hetero) is 1.